The molecule has 0 amide bonds. The minimum absolute atomic E-state index is 0.530. The van der Waals surface area contributed by atoms with E-state index in [0.717, 1.165) is 15.7 Å². The van der Waals surface area contributed by atoms with Gasteiger partial charge in [-0.25, -0.2) is 4.79 Å². The third kappa shape index (κ3) is 4.80. The lowest BCUT2D eigenvalue weighted by Crippen LogP contribution is -2.44. The summed E-state index contributed by atoms with van der Waals surface area (Å²) < 4.78 is 33.0. The molecule has 5 rings (SSSR count). The van der Waals surface area contributed by atoms with Crippen LogP contribution in [0.15, 0.2) is 101 Å². The Morgan fingerprint density at radius 3 is 2.05 bits per heavy atom. The second kappa shape index (κ2) is 11.0. The average Bonchev–Trinajstić information content (AvgIpc) is 3.29. The van der Waals surface area contributed by atoms with E-state index in [4.69, 9.17) is 25.8 Å². The highest BCUT2D eigenvalue weighted by atomic mass is 35.5. The maximum atomic E-state index is 14.1. The number of hydrogen-bond acceptors (Lipinski definition) is 6. The van der Waals surface area contributed by atoms with Gasteiger partial charge >= 0.3 is 5.69 Å². The van der Waals surface area contributed by atoms with E-state index in [1.807, 2.05) is 77.8 Å². The Hall–Kier alpha value is -4.05. The van der Waals surface area contributed by atoms with Gasteiger partial charge in [-0.1, -0.05) is 72.8 Å². The number of aromatic amines is 1. The zero-order valence-electron chi connectivity index (χ0n) is 20.7. The standard InChI is InChI=1S/C29H24ClFN2O6/c1-37-21-14-12-20(13-15-21)29(18-8-4-2-5-9-18,19-10-6-3-7-11-19)39-25-23(17-34)38-27(24(25)30)33-16-22(31)26(35)32-28(33)36/h2-17,23-25,27H,1H3,(H,32,35,36)/t23-,24+,25-,27-/m1/s1. The number of aromatic nitrogens is 2. The Labute approximate surface area is 227 Å². The number of benzene rings is 3. The number of methoxy groups -OCH3 is 1. The Kier molecular flexibility index (Phi) is 7.47. The van der Waals surface area contributed by atoms with Crippen LogP contribution in [0, 0.1) is 5.82 Å². The molecule has 3 aromatic carbocycles. The van der Waals surface area contributed by atoms with Gasteiger partial charge in [0.2, 0.25) is 5.82 Å². The number of carbonyl (C=O) groups excluding carboxylic acids is 1. The number of hydrogen-bond donors (Lipinski definition) is 1. The van der Waals surface area contributed by atoms with Crippen LogP contribution in [0.5, 0.6) is 5.75 Å². The van der Waals surface area contributed by atoms with Gasteiger partial charge in [-0.15, -0.1) is 11.6 Å². The number of halogens is 2. The predicted octanol–water partition coefficient (Wildman–Crippen LogP) is 3.77. The highest BCUT2D eigenvalue weighted by Gasteiger charge is 2.51. The first-order valence-corrected chi connectivity index (χ1v) is 12.5. The molecule has 4 atom stereocenters. The van der Waals surface area contributed by atoms with Crippen molar-refractivity contribution in [1.29, 1.82) is 0 Å². The number of nitrogens with one attached hydrogen (secondary N) is 1. The summed E-state index contributed by atoms with van der Waals surface area (Å²) in [6.07, 6.45) is -2.38. The Morgan fingerprint density at radius 1 is 0.949 bits per heavy atom. The SMILES string of the molecule is COc1ccc(C(O[C@H]2[C@H](Cl)[C@H](n3cc(F)c(=O)[nH]c3=O)O[C@@H]2C=O)(c2ccccc2)c2ccccc2)cc1. The van der Waals surface area contributed by atoms with E-state index in [0.29, 0.717) is 23.8 Å². The molecule has 0 radical (unpaired) electrons. The maximum Gasteiger partial charge on any atom is 0.330 e. The molecule has 0 aliphatic carbocycles. The number of ether oxygens (including phenoxy) is 3. The molecule has 200 valence electrons. The van der Waals surface area contributed by atoms with Crippen LogP contribution in [0.2, 0.25) is 0 Å². The fraction of sp³-hybridized carbons (Fsp3) is 0.207. The fourth-order valence-corrected chi connectivity index (χ4v) is 5.22. The van der Waals surface area contributed by atoms with E-state index in [-0.39, 0.29) is 0 Å². The lowest BCUT2D eigenvalue weighted by Gasteiger charge is -2.39. The molecule has 0 unspecified atom stereocenters. The molecule has 0 spiro atoms. The van der Waals surface area contributed by atoms with Crippen molar-refractivity contribution in [3.05, 3.63) is 134 Å². The zero-order valence-corrected chi connectivity index (χ0v) is 21.5. The lowest BCUT2D eigenvalue weighted by molar-refractivity contribution is -0.130. The molecule has 8 nitrogen and oxygen atoms in total. The smallest absolute Gasteiger partial charge is 0.330 e. The number of rotatable bonds is 8. The molecular weight excluding hydrogens is 527 g/mol. The summed E-state index contributed by atoms with van der Waals surface area (Å²) in [4.78, 5) is 38.2. The van der Waals surface area contributed by atoms with E-state index in [1.54, 1.807) is 19.2 Å². The van der Waals surface area contributed by atoms with E-state index in [2.05, 4.69) is 0 Å². The van der Waals surface area contributed by atoms with Crippen LogP contribution >= 0.6 is 11.6 Å². The van der Waals surface area contributed by atoms with Crippen molar-refractivity contribution in [3.8, 4) is 5.75 Å². The number of aldehydes is 1. The molecule has 1 N–H and O–H groups in total. The molecule has 4 aromatic rings. The molecule has 1 aliphatic rings. The Morgan fingerprint density at radius 2 is 1.51 bits per heavy atom. The van der Waals surface area contributed by atoms with Gasteiger partial charge in [0.1, 0.15) is 28.9 Å². The van der Waals surface area contributed by atoms with Gasteiger partial charge in [0.25, 0.3) is 5.56 Å². The largest absolute Gasteiger partial charge is 0.497 e. The Balaban J connectivity index is 1.68. The van der Waals surface area contributed by atoms with Gasteiger partial charge in [0.15, 0.2) is 12.5 Å². The molecule has 1 saturated heterocycles. The van der Waals surface area contributed by atoms with E-state index in [1.165, 1.54) is 0 Å². The highest BCUT2D eigenvalue weighted by molar-refractivity contribution is 6.21. The van der Waals surface area contributed by atoms with E-state index >= 15 is 0 Å². The molecule has 10 heteroatoms. The van der Waals surface area contributed by atoms with Crippen LogP contribution in [-0.4, -0.2) is 40.5 Å². The van der Waals surface area contributed by atoms with Gasteiger partial charge < -0.3 is 19.0 Å². The van der Waals surface area contributed by atoms with Crippen LogP contribution in [-0.2, 0) is 19.9 Å². The van der Waals surface area contributed by atoms with Crippen molar-refractivity contribution in [1.82, 2.24) is 9.55 Å². The normalized spacial score (nSPS) is 21.0. The molecule has 2 heterocycles. The van der Waals surface area contributed by atoms with Gasteiger partial charge in [-0.05, 0) is 28.8 Å². The first-order chi connectivity index (χ1) is 18.9. The highest BCUT2D eigenvalue weighted by Crippen LogP contribution is 2.46. The summed E-state index contributed by atoms with van der Waals surface area (Å²) in [6, 6.07) is 26.1. The average molecular weight is 551 g/mol. The number of alkyl halides is 1. The van der Waals surface area contributed by atoms with Crippen molar-refractivity contribution < 1.29 is 23.4 Å². The van der Waals surface area contributed by atoms with Crippen LogP contribution in [0.25, 0.3) is 0 Å². The number of H-pyrrole nitrogens is 1. The van der Waals surface area contributed by atoms with Crippen LogP contribution in [0.4, 0.5) is 4.39 Å². The molecule has 39 heavy (non-hydrogen) atoms. The molecule has 0 bridgehead atoms. The summed E-state index contributed by atoms with van der Waals surface area (Å²) in [5.41, 5.74) is -1.20. The molecule has 1 aliphatic heterocycles. The van der Waals surface area contributed by atoms with Crippen LogP contribution < -0.4 is 16.0 Å². The lowest BCUT2D eigenvalue weighted by atomic mass is 9.79. The topological polar surface area (TPSA) is 99.6 Å². The van der Waals surface area contributed by atoms with Crippen LogP contribution in [0.1, 0.15) is 22.9 Å². The molecule has 0 saturated carbocycles. The van der Waals surface area contributed by atoms with Crippen molar-refractivity contribution >= 4 is 17.9 Å². The van der Waals surface area contributed by atoms with Crippen molar-refractivity contribution in [2.24, 2.45) is 0 Å². The van der Waals surface area contributed by atoms with Gasteiger partial charge in [-0.2, -0.15) is 4.39 Å². The third-order valence-corrected chi connectivity index (χ3v) is 7.17. The van der Waals surface area contributed by atoms with Crippen molar-refractivity contribution in [2.75, 3.05) is 7.11 Å². The first-order valence-electron chi connectivity index (χ1n) is 12.1. The Bertz CT molecular complexity index is 1520. The second-order valence-corrected chi connectivity index (χ2v) is 9.44. The summed E-state index contributed by atoms with van der Waals surface area (Å²) in [5, 5.41) is -1.13. The third-order valence-electron chi connectivity index (χ3n) is 6.71. The monoisotopic (exact) mass is 550 g/mol. The zero-order chi connectivity index (χ0) is 27.6. The van der Waals surface area contributed by atoms with Crippen LogP contribution in [0.3, 0.4) is 0 Å². The predicted molar refractivity (Wildman–Crippen MR) is 142 cm³/mol. The number of carbonyl (C=O) groups is 1. The first kappa shape index (κ1) is 26.6. The molecule has 1 aromatic heterocycles. The van der Waals surface area contributed by atoms with Crippen molar-refractivity contribution in [2.45, 2.75) is 29.4 Å². The van der Waals surface area contributed by atoms with Gasteiger partial charge in [-0.3, -0.25) is 14.3 Å². The molecular formula is C29H24ClFN2O6. The molecule has 1 fully saturated rings. The summed E-state index contributed by atoms with van der Waals surface area (Å²) in [6.45, 7) is 0. The summed E-state index contributed by atoms with van der Waals surface area (Å²) in [7, 11) is 1.57. The minimum atomic E-state index is -1.30. The summed E-state index contributed by atoms with van der Waals surface area (Å²) >= 11 is 6.83. The number of nitrogens with zero attached hydrogens (tertiary/aromatic N) is 1. The summed E-state index contributed by atoms with van der Waals surface area (Å²) in [5.74, 6) is -0.561. The second-order valence-electron chi connectivity index (χ2n) is 8.94. The van der Waals surface area contributed by atoms with E-state index in [9.17, 15) is 18.8 Å². The minimum Gasteiger partial charge on any atom is -0.497 e. The fourth-order valence-electron chi connectivity index (χ4n) is 4.85. The maximum absolute atomic E-state index is 14.1. The van der Waals surface area contributed by atoms with Crippen molar-refractivity contribution in [3.63, 3.8) is 0 Å². The van der Waals surface area contributed by atoms with Gasteiger partial charge in [0.05, 0.1) is 13.3 Å². The quantitative estimate of drug-likeness (QED) is 0.204. The van der Waals surface area contributed by atoms with Gasteiger partial charge in [0, 0.05) is 0 Å². The van der Waals surface area contributed by atoms with E-state index < -0.39 is 46.5 Å².